The molecule has 16 heavy (non-hydrogen) atoms. The molecule has 0 aliphatic heterocycles. The molecule has 0 amide bonds. The van der Waals surface area contributed by atoms with Crippen molar-refractivity contribution in [3.63, 3.8) is 0 Å². The Morgan fingerprint density at radius 3 is 2.56 bits per heavy atom. The van der Waals surface area contributed by atoms with Crippen LogP contribution in [0.4, 0.5) is 0 Å². The van der Waals surface area contributed by atoms with Gasteiger partial charge in [0.25, 0.3) is 0 Å². The number of aromatic nitrogens is 2. The van der Waals surface area contributed by atoms with Gasteiger partial charge in [0, 0.05) is 5.02 Å². The van der Waals surface area contributed by atoms with E-state index in [-0.39, 0.29) is 5.38 Å². The zero-order valence-electron chi connectivity index (χ0n) is 8.25. The topological polar surface area (TPSA) is 38.9 Å². The third-order valence-electron chi connectivity index (χ3n) is 1.94. The molecule has 2 aromatic rings. The van der Waals surface area contributed by atoms with E-state index >= 15 is 0 Å². The van der Waals surface area contributed by atoms with Gasteiger partial charge < -0.3 is 4.42 Å². The molecule has 0 radical (unpaired) electrons. The van der Waals surface area contributed by atoms with Gasteiger partial charge in [-0.15, -0.1) is 21.8 Å². The normalized spacial score (nSPS) is 12.8. The fourth-order valence-electron chi connectivity index (χ4n) is 1.17. The molecule has 1 atom stereocenters. The molecule has 0 bridgehead atoms. The highest BCUT2D eigenvalue weighted by molar-refractivity contribution is 6.36. The van der Waals surface area contributed by atoms with Gasteiger partial charge >= 0.3 is 0 Å². The summed E-state index contributed by atoms with van der Waals surface area (Å²) in [6, 6.07) is 5.05. The van der Waals surface area contributed by atoms with Gasteiger partial charge in [-0.05, 0) is 25.1 Å². The molecule has 0 aliphatic carbocycles. The smallest absolute Gasteiger partial charge is 0.249 e. The van der Waals surface area contributed by atoms with Crippen molar-refractivity contribution >= 4 is 34.8 Å². The molecule has 6 heteroatoms. The van der Waals surface area contributed by atoms with E-state index in [4.69, 9.17) is 39.2 Å². The lowest BCUT2D eigenvalue weighted by atomic mass is 10.2. The van der Waals surface area contributed by atoms with Crippen LogP contribution in [-0.4, -0.2) is 10.2 Å². The Kier molecular flexibility index (Phi) is 3.38. The Labute approximate surface area is 107 Å². The molecule has 2 rings (SSSR count). The van der Waals surface area contributed by atoms with Crippen LogP contribution in [0.15, 0.2) is 22.6 Å². The van der Waals surface area contributed by atoms with Crippen LogP contribution in [0.25, 0.3) is 11.5 Å². The number of benzene rings is 1. The third kappa shape index (κ3) is 2.32. The molecule has 0 N–H and O–H groups in total. The number of alkyl halides is 1. The molecule has 0 saturated carbocycles. The van der Waals surface area contributed by atoms with Gasteiger partial charge in [0.1, 0.15) is 5.38 Å². The minimum Gasteiger partial charge on any atom is -0.419 e. The van der Waals surface area contributed by atoms with Crippen LogP contribution >= 0.6 is 34.8 Å². The monoisotopic (exact) mass is 276 g/mol. The lowest BCUT2D eigenvalue weighted by Gasteiger charge is -1.99. The van der Waals surface area contributed by atoms with Crippen LogP contribution in [0.3, 0.4) is 0 Å². The van der Waals surface area contributed by atoms with Crippen LogP contribution in [0.1, 0.15) is 18.2 Å². The summed E-state index contributed by atoms with van der Waals surface area (Å²) >= 11 is 17.6. The minimum atomic E-state index is -0.327. The van der Waals surface area contributed by atoms with Crippen LogP contribution < -0.4 is 0 Å². The molecule has 0 saturated heterocycles. The van der Waals surface area contributed by atoms with Crippen molar-refractivity contribution in [3.8, 4) is 11.5 Å². The predicted octanol–water partition coefficient (Wildman–Crippen LogP) is 4.34. The standard InChI is InChI=1S/C10H7Cl3N2O/c1-5(11)9-14-15-10(16-9)7-3-2-6(12)4-8(7)13/h2-5H,1H3. The first kappa shape index (κ1) is 11.7. The molecule has 1 unspecified atom stereocenters. The van der Waals surface area contributed by atoms with E-state index in [1.54, 1.807) is 25.1 Å². The summed E-state index contributed by atoms with van der Waals surface area (Å²) in [5.41, 5.74) is 0.641. The third-order valence-corrected chi connectivity index (χ3v) is 2.68. The van der Waals surface area contributed by atoms with E-state index in [1.165, 1.54) is 0 Å². The van der Waals surface area contributed by atoms with Crippen molar-refractivity contribution in [3.05, 3.63) is 34.1 Å². The second-order valence-electron chi connectivity index (χ2n) is 3.19. The van der Waals surface area contributed by atoms with E-state index in [0.717, 1.165) is 0 Å². The maximum Gasteiger partial charge on any atom is 0.249 e. The fourth-order valence-corrected chi connectivity index (χ4v) is 1.74. The molecule has 84 valence electrons. The summed E-state index contributed by atoms with van der Waals surface area (Å²) in [5.74, 6) is 0.701. The second-order valence-corrected chi connectivity index (χ2v) is 4.68. The van der Waals surface area contributed by atoms with Gasteiger partial charge in [-0.2, -0.15) is 0 Å². The lowest BCUT2D eigenvalue weighted by Crippen LogP contribution is -1.81. The first-order chi connectivity index (χ1) is 7.58. The van der Waals surface area contributed by atoms with Gasteiger partial charge in [-0.25, -0.2) is 0 Å². The zero-order valence-corrected chi connectivity index (χ0v) is 10.5. The van der Waals surface area contributed by atoms with Crippen LogP contribution in [0, 0.1) is 0 Å². The largest absolute Gasteiger partial charge is 0.419 e. The van der Waals surface area contributed by atoms with Crippen LogP contribution in [0.2, 0.25) is 10.0 Å². The SMILES string of the molecule is CC(Cl)c1nnc(-c2ccc(Cl)cc2Cl)o1. The van der Waals surface area contributed by atoms with E-state index in [1.807, 2.05) is 0 Å². The molecule has 3 nitrogen and oxygen atoms in total. The van der Waals surface area contributed by atoms with Gasteiger partial charge in [-0.3, -0.25) is 0 Å². The highest BCUT2D eigenvalue weighted by atomic mass is 35.5. The van der Waals surface area contributed by atoms with Crippen LogP contribution in [-0.2, 0) is 0 Å². The number of halogens is 3. The predicted molar refractivity (Wildman–Crippen MR) is 64.0 cm³/mol. The molecule has 0 spiro atoms. The Balaban J connectivity index is 2.42. The van der Waals surface area contributed by atoms with Gasteiger partial charge in [0.05, 0.1) is 10.6 Å². The van der Waals surface area contributed by atoms with E-state index in [9.17, 15) is 0 Å². The average molecular weight is 278 g/mol. The fraction of sp³-hybridized carbons (Fsp3) is 0.200. The highest BCUT2D eigenvalue weighted by Crippen LogP contribution is 2.30. The molecule has 1 aromatic carbocycles. The molecule has 0 aliphatic rings. The Morgan fingerprint density at radius 1 is 1.25 bits per heavy atom. The molecule has 1 aromatic heterocycles. The van der Waals surface area contributed by atoms with Crippen molar-refractivity contribution in [2.24, 2.45) is 0 Å². The average Bonchev–Trinajstić information content (AvgIpc) is 2.66. The van der Waals surface area contributed by atoms with Crippen molar-refractivity contribution in [1.29, 1.82) is 0 Å². The number of hydrogen-bond donors (Lipinski definition) is 0. The minimum absolute atomic E-state index is 0.327. The molecule has 0 fully saturated rings. The Bertz CT molecular complexity index is 511. The summed E-state index contributed by atoms with van der Waals surface area (Å²) in [7, 11) is 0. The quantitative estimate of drug-likeness (QED) is 0.766. The van der Waals surface area contributed by atoms with Crippen molar-refractivity contribution in [2.75, 3.05) is 0 Å². The van der Waals surface area contributed by atoms with E-state index in [0.29, 0.717) is 27.4 Å². The summed E-state index contributed by atoms with van der Waals surface area (Å²) in [4.78, 5) is 0. The highest BCUT2D eigenvalue weighted by Gasteiger charge is 2.14. The van der Waals surface area contributed by atoms with E-state index < -0.39 is 0 Å². The van der Waals surface area contributed by atoms with Gasteiger partial charge in [0.15, 0.2) is 0 Å². The zero-order chi connectivity index (χ0) is 11.7. The summed E-state index contributed by atoms with van der Waals surface area (Å²) in [6.07, 6.45) is 0. The summed E-state index contributed by atoms with van der Waals surface area (Å²) in [6.45, 7) is 1.75. The molecular weight excluding hydrogens is 270 g/mol. The Morgan fingerprint density at radius 2 is 2.00 bits per heavy atom. The first-order valence-corrected chi connectivity index (χ1v) is 5.70. The van der Waals surface area contributed by atoms with E-state index in [2.05, 4.69) is 10.2 Å². The summed E-state index contributed by atoms with van der Waals surface area (Å²) in [5, 5.41) is 8.38. The second kappa shape index (κ2) is 4.62. The van der Waals surface area contributed by atoms with Crippen molar-refractivity contribution in [2.45, 2.75) is 12.3 Å². The van der Waals surface area contributed by atoms with Crippen LogP contribution in [0.5, 0.6) is 0 Å². The molecule has 1 heterocycles. The van der Waals surface area contributed by atoms with Crippen molar-refractivity contribution < 1.29 is 4.42 Å². The molecular formula is C10H7Cl3N2O. The van der Waals surface area contributed by atoms with Gasteiger partial charge in [0.2, 0.25) is 11.8 Å². The lowest BCUT2D eigenvalue weighted by molar-refractivity contribution is 0.507. The van der Waals surface area contributed by atoms with Crippen molar-refractivity contribution in [1.82, 2.24) is 10.2 Å². The first-order valence-electron chi connectivity index (χ1n) is 4.51. The number of hydrogen-bond acceptors (Lipinski definition) is 3. The number of nitrogens with zero attached hydrogens (tertiary/aromatic N) is 2. The maximum atomic E-state index is 6.01. The summed E-state index contributed by atoms with van der Waals surface area (Å²) < 4.78 is 5.37. The number of rotatable bonds is 2. The van der Waals surface area contributed by atoms with Gasteiger partial charge in [-0.1, -0.05) is 23.2 Å². The maximum absolute atomic E-state index is 6.01. The Hall–Kier alpha value is -0.770.